The van der Waals surface area contributed by atoms with Crippen molar-refractivity contribution in [2.24, 2.45) is 11.8 Å². The summed E-state index contributed by atoms with van der Waals surface area (Å²) in [5.41, 5.74) is 2.50. The van der Waals surface area contributed by atoms with Gasteiger partial charge in [-0.3, -0.25) is 9.69 Å². The largest absolute Gasteiger partial charge is 0.459 e. The first-order valence-electron chi connectivity index (χ1n) is 12.1. The molecule has 2 unspecified atom stereocenters. The highest BCUT2D eigenvalue weighted by atomic mass is 35.5. The fraction of sp³-hybridized carbons (Fsp3) is 0.267. The fourth-order valence-corrected chi connectivity index (χ4v) is 5.09. The maximum Gasteiger partial charge on any atom is 0.193 e. The van der Waals surface area contributed by atoms with Crippen molar-refractivity contribution < 1.29 is 8.81 Å². The molecule has 0 aliphatic carbocycles. The molecule has 0 saturated carbocycles. The number of fused-ring (bicyclic) bond motifs is 1. The van der Waals surface area contributed by atoms with Crippen molar-refractivity contribution in [1.29, 1.82) is 0 Å². The van der Waals surface area contributed by atoms with Gasteiger partial charge in [-0.1, -0.05) is 43.5 Å². The minimum atomic E-state index is -0.513. The van der Waals surface area contributed by atoms with E-state index in [1.165, 1.54) is 12.5 Å². The Morgan fingerprint density at radius 1 is 1.03 bits per heavy atom. The lowest BCUT2D eigenvalue weighted by atomic mass is 9.92. The molecular weight excluding hydrogens is 475 g/mol. The van der Waals surface area contributed by atoms with Gasteiger partial charge in [0.1, 0.15) is 17.0 Å². The zero-order valence-electron chi connectivity index (χ0n) is 20.2. The van der Waals surface area contributed by atoms with Crippen LogP contribution in [0.3, 0.4) is 0 Å². The molecule has 0 spiro atoms. The Balaban J connectivity index is 1.36. The Labute approximate surface area is 214 Å². The van der Waals surface area contributed by atoms with Gasteiger partial charge in [-0.05, 0) is 66.1 Å². The summed E-state index contributed by atoms with van der Waals surface area (Å²) < 4.78 is 20.7. The summed E-state index contributed by atoms with van der Waals surface area (Å²) in [6.45, 7) is 7.16. The van der Waals surface area contributed by atoms with Crippen molar-refractivity contribution in [2.45, 2.75) is 26.8 Å². The molecule has 2 aromatic carbocycles. The number of nitrogens with zero attached hydrogens (tertiary/aromatic N) is 2. The molecule has 182 valence electrons. The van der Waals surface area contributed by atoms with Crippen molar-refractivity contribution in [3.05, 3.63) is 98.9 Å². The Morgan fingerprint density at radius 3 is 2.50 bits per heavy atom. The van der Waals surface area contributed by atoms with Crippen molar-refractivity contribution in [3.63, 3.8) is 0 Å². The van der Waals surface area contributed by atoms with Gasteiger partial charge < -0.3 is 4.42 Å². The molecule has 2 atom stereocenters. The predicted octanol–water partition coefficient (Wildman–Crippen LogP) is 6.53. The molecule has 0 radical (unpaired) electrons. The minimum absolute atomic E-state index is 0.0418. The van der Waals surface area contributed by atoms with Gasteiger partial charge in [0, 0.05) is 41.5 Å². The van der Waals surface area contributed by atoms with E-state index >= 15 is 0 Å². The molecule has 0 N–H and O–H groups in total. The minimum Gasteiger partial charge on any atom is -0.459 e. The molecule has 0 bridgehead atoms. The fourth-order valence-electron chi connectivity index (χ4n) is 4.96. The van der Waals surface area contributed by atoms with E-state index in [2.05, 4.69) is 35.6 Å². The summed E-state index contributed by atoms with van der Waals surface area (Å²) >= 11 is 5.92. The number of likely N-dealkylation sites (tertiary alicyclic amines) is 1. The van der Waals surface area contributed by atoms with Crippen LogP contribution in [0, 0.1) is 29.5 Å². The van der Waals surface area contributed by atoms with Crippen molar-refractivity contribution in [3.8, 4) is 23.0 Å². The Hall–Kier alpha value is -3.46. The second-order valence-corrected chi connectivity index (χ2v) is 10.2. The summed E-state index contributed by atoms with van der Waals surface area (Å²) in [5.74, 6) is 7.12. The third-order valence-electron chi connectivity index (χ3n) is 6.45. The Kier molecular flexibility index (Phi) is 6.91. The molecular formula is C30H26ClFN2O2. The van der Waals surface area contributed by atoms with E-state index in [0.29, 0.717) is 51.3 Å². The van der Waals surface area contributed by atoms with Gasteiger partial charge in [0.25, 0.3) is 0 Å². The van der Waals surface area contributed by atoms with Gasteiger partial charge >= 0.3 is 0 Å². The standard InChI is InChI=1S/C30H26ClFN2O2/c1-19-11-20(2)17-34(16-19)18-25-14-29(35)26-12-21(4-10-30(26)36-25)3-9-28-27(32)13-23(15-33-28)22-5-7-24(31)8-6-22/h4-8,10,12-15,19-20H,11,16-18H2,1-2H3. The quantitative estimate of drug-likeness (QED) is 0.300. The van der Waals surface area contributed by atoms with Crippen LogP contribution in [0.4, 0.5) is 4.39 Å². The van der Waals surface area contributed by atoms with Crippen LogP contribution in [0.25, 0.3) is 22.1 Å². The van der Waals surface area contributed by atoms with E-state index in [0.717, 1.165) is 18.7 Å². The SMILES string of the molecule is CC1CC(C)CN(Cc2cc(=O)c3cc(C#Cc4ncc(-c5ccc(Cl)cc5)cc4F)ccc3o2)C1. The normalized spacial score (nSPS) is 18.1. The lowest BCUT2D eigenvalue weighted by Crippen LogP contribution is -2.38. The number of hydrogen-bond donors (Lipinski definition) is 0. The molecule has 6 heteroatoms. The molecule has 1 fully saturated rings. The highest BCUT2D eigenvalue weighted by molar-refractivity contribution is 6.30. The van der Waals surface area contributed by atoms with E-state index in [4.69, 9.17) is 16.0 Å². The summed E-state index contributed by atoms with van der Waals surface area (Å²) in [4.78, 5) is 19.4. The Morgan fingerprint density at radius 2 is 1.78 bits per heavy atom. The molecule has 3 heterocycles. The van der Waals surface area contributed by atoms with Gasteiger partial charge in [0.2, 0.25) is 0 Å². The predicted molar refractivity (Wildman–Crippen MR) is 141 cm³/mol. The van der Waals surface area contributed by atoms with Crippen LogP contribution in [0.1, 0.15) is 37.3 Å². The van der Waals surface area contributed by atoms with E-state index in [1.807, 2.05) is 12.1 Å². The first-order chi connectivity index (χ1) is 17.3. The van der Waals surface area contributed by atoms with Gasteiger partial charge in [-0.2, -0.15) is 0 Å². The number of halogens is 2. The topological polar surface area (TPSA) is 46.3 Å². The van der Waals surface area contributed by atoms with Crippen LogP contribution < -0.4 is 5.43 Å². The number of aromatic nitrogens is 1. The number of benzene rings is 2. The van der Waals surface area contributed by atoms with Gasteiger partial charge in [-0.15, -0.1) is 0 Å². The molecule has 1 aliphatic heterocycles. The first kappa shape index (κ1) is 24.2. The molecule has 4 nitrogen and oxygen atoms in total. The van der Waals surface area contributed by atoms with Crippen LogP contribution in [0.2, 0.25) is 5.02 Å². The van der Waals surface area contributed by atoms with Gasteiger partial charge in [0.05, 0.1) is 11.9 Å². The van der Waals surface area contributed by atoms with E-state index in [9.17, 15) is 9.18 Å². The third kappa shape index (κ3) is 5.51. The average molecular weight is 501 g/mol. The number of pyridine rings is 1. The zero-order valence-corrected chi connectivity index (χ0v) is 21.0. The van der Waals surface area contributed by atoms with E-state index in [1.54, 1.807) is 42.6 Å². The number of piperidine rings is 1. The maximum atomic E-state index is 14.7. The summed E-state index contributed by atoms with van der Waals surface area (Å²) in [7, 11) is 0. The molecule has 4 aromatic rings. The van der Waals surface area contributed by atoms with Crippen LogP contribution in [-0.4, -0.2) is 23.0 Å². The van der Waals surface area contributed by atoms with Crippen molar-refractivity contribution in [2.75, 3.05) is 13.1 Å². The monoisotopic (exact) mass is 500 g/mol. The van der Waals surface area contributed by atoms with Crippen LogP contribution in [-0.2, 0) is 6.54 Å². The highest BCUT2D eigenvalue weighted by Crippen LogP contribution is 2.24. The second kappa shape index (κ2) is 10.3. The molecule has 5 rings (SSSR count). The molecule has 1 saturated heterocycles. The summed E-state index contributed by atoms with van der Waals surface area (Å²) in [6.07, 6.45) is 2.81. The van der Waals surface area contributed by atoms with Crippen molar-refractivity contribution >= 4 is 22.6 Å². The number of rotatable bonds is 3. The lowest BCUT2D eigenvalue weighted by Gasteiger charge is -2.34. The smallest absolute Gasteiger partial charge is 0.193 e. The summed E-state index contributed by atoms with van der Waals surface area (Å²) in [5, 5.41) is 1.07. The zero-order chi connectivity index (χ0) is 25.2. The highest BCUT2D eigenvalue weighted by Gasteiger charge is 2.22. The van der Waals surface area contributed by atoms with Crippen LogP contribution >= 0.6 is 11.6 Å². The van der Waals surface area contributed by atoms with Crippen molar-refractivity contribution in [1.82, 2.24) is 9.88 Å². The third-order valence-corrected chi connectivity index (χ3v) is 6.70. The number of hydrogen-bond acceptors (Lipinski definition) is 4. The molecule has 0 amide bonds. The second-order valence-electron chi connectivity index (χ2n) is 9.74. The van der Waals surface area contributed by atoms with Crippen LogP contribution in [0.5, 0.6) is 0 Å². The van der Waals surface area contributed by atoms with E-state index < -0.39 is 5.82 Å². The lowest BCUT2D eigenvalue weighted by molar-refractivity contribution is 0.126. The maximum absolute atomic E-state index is 14.7. The van der Waals surface area contributed by atoms with Crippen LogP contribution in [0.15, 0.2) is 70.0 Å². The molecule has 2 aromatic heterocycles. The first-order valence-corrected chi connectivity index (χ1v) is 12.4. The summed E-state index contributed by atoms with van der Waals surface area (Å²) in [6, 6.07) is 15.3. The molecule has 36 heavy (non-hydrogen) atoms. The average Bonchev–Trinajstić information content (AvgIpc) is 2.83. The Bertz CT molecular complexity index is 1530. The van der Waals surface area contributed by atoms with E-state index in [-0.39, 0.29) is 11.1 Å². The molecule has 1 aliphatic rings. The van der Waals surface area contributed by atoms with Gasteiger partial charge in [-0.25, -0.2) is 9.37 Å². The van der Waals surface area contributed by atoms with Gasteiger partial charge in [0.15, 0.2) is 11.2 Å².